The van der Waals surface area contributed by atoms with Crippen LogP contribution in [0.4, 0.5) is 17.6 Å². The highest BCUT2D eigenvalue weighted by atomic mass is 19.4. The van der Waals surface area contributed by atoms with Crippen molar-refractivity contribution in [2.75, 3.05) is 13.7 Å². The zero-order chi connectivity index (χ0) is 22.2. The van der Waals surface area contributed by atoms with Gasteiger partial charge in [-0.15, -0.1) is 0 Å². The van der Waals surface area contributed by atoms with E-state index in [0.29, 0.717) is 54.2 Å². The maximum absolute atomic E-state index is 14.1. The molecule has 1 aromatic heterocycles. The molecule has 2 aromatic carbocycles. The van der Waals surface area contributed by atoms with Gasteiger partial charge in [-0.25, -0.2) is 9.37 Å². The Kier molecular flexibility index (Phi) is 5.53. The first kappa shape index (κ1) is 21.0. The molecule has 0 saturated carbocycles. The van der Waals surface area contributed by atoms with Crippen molar-refractivity contribution in [3.8, 4) is 17.1 Å². The van der Waals surface area contributed by atoms with Crippen LogP contribution in [0.5, 0.6) is 5.75 Å². The molecule has 9 heteroatoms. The number of aromatic nitrogens is 2. The van der Waals surface area contributed by atoms with E-state index in [4.69, 9.17) is 4.74 Å². The smallest absolute Gasteiger partial charge is 0.416 e. The number of H-pyrrole nitrogens is 1. The summed E-state index contributed by atoms with van der Waals surface area (Å²) >= 11 is 0. The molecular formula is C22H19F4N3O2. The third-order valence-electron chi connectivity index (χ3n) is 5.28. The monoisotopic (exact) mass is 433 g/mol. The van der Waals surface area contributed by atoms with E-state index in [1.54, 1.807) is 12.1 Å². The van der Waals surface area contributed by atoms with Crippen LogP contribution in [-0.2, 0) is 25.7 Å². The van der Waals surface area contributed by atoms with Gasteiger partial charge in [-0.2, -0.15) is 13.2 Å². The van der Waals surface area contributed by atoms with E-state index in [1.807, 2.05) is 4.90 Å². The third kappa shape index (κ3) is 4.46. The summed E-state index contributed by atoms with van der Waals surface area (Å²) in [5.74, 6) is 0.426. The Hall–Kier alpha value is -3.20. The van der Waals surface area contributed by atoms with E-state index in [1.165, 1.54) is 25.3 Å². The average molecular weight is 433 g/mol. The third-order valence-corrected chi connectivity index (χ3v) is 5.28. The van der Waals surface area contributed by atoms with Crippen molar-refractivity contribution in [3.63, 3.8) is 0 Å². The number of benzene rings is 2. The zero-order valence-electron chi connectivity index (χ0n) is 16.6. The number of hydrogen-bond acceptors (Lipinski definition) is 4. The minimum atomic E-state index is -4.43. The Morgan fingerprint density at radius 3 is 2.58 bits per heavy atom. The Balaban J connectivity index is 1.56. The molecule has 2 heterocycles. The summed E-state index contributed by atoms with van der Waals surface area (Å²) in [5, 5.41) is 0. The van der Waals surface area contributed by atoms with E-state index in [2.05, 4.69) is 9.97 Å². The lowest BCUT2D eigenvalue weighted by Gasteiger charge is -2.28. The first-order valence-electron chi connectivity index (χ1n) is 9.59. The molecule has 0 spiro atoms. The summed E-state index contributed by atoms with van der Waals surface area (Å²) in [4.78, 5) is 21.7. The molecule has 0 unspecified atom stereocenters. The van der Waals surface area contributed by atoms with Crippen LogP contribution >= 0.6 is 0 Å². The van der Waals surface area contributed by atoms with Crippen molar-refractivity contribution in [2.45, 2.75) is 25.7 Å². The Labute approximate surface area is 175 Å². The molecule has 1 aliphatic heterocycles. The average Bonchev–Trinajstić information content (AvgIpc) is 2.75. The summed E-state index contributed by atoms with van der Waals surface area (Å²) in [7, 11) is 1.51. The lowest BCUT2D eigenvalue weighted by atomic mass is 10.0. The Morgan fingerprint density at radius 2 is 1.90 bits per heavy atom. The van der Waals surface area contributed by atoms with Crippen LogP contribution in [0.15, 0.2) is 47.3 Å². The second kappa shape index (κ2) is 8.14. The van der Waals surface area contributed by atoms with Crippen LogP contribution in [0.25, 0.3) is 11.4 Å². The van der Waals surface area contributed by atoms with Crippen LogP contribution in [0.3, 0.4) is 0 Å². The van der Waals surface area contributed by atoms with Gasteiger partial charge in [0.05, 0.1) is 23.9 Å². The van der Waals surface area contributed by atoms with Crippen molar-refractivity contribution in [1.82, 2.24) is 14.9 Å². The van der Waals surface area contributed by atoms with Crippen LogP contribution in [0.1, 0.15) is 22.4 Å². The van der Waals surface area contributed by atoms with E-state index in [-0.39, 0.29) is 17.2 Å². The standard InChI is InChI=1S/C22H19F4N3O2/c1-31-16-6-7-18(23)14(10-16)11-29-9-8-19-17(12-29)21(30)28-20(27-19)13-2-4-15(5-3-13)22(24,25)26/h2-7,10H,8-9,11-12H2,1H3,(H,27,28,30). The number of halogens is 4. The molecule has 162 valence electrons. The van der Waals surface area contributed by atoms with Gasteiger partial charge in [-0.3, -0.25) is 9.69 Å². The number of fused-ring (bicyclic) bond motifs is 1. The summed E-state index contributed by atoms with van der Waals surface area (Å²) in [6.45, 7) is 1.16. The fraction of sp³-hybridized carbons (Fsp3) is 0.273. The summed E-state index contributed by atoms with van der Waals surface area (Å²) in [6.07, 6.45) is -3.96. The van der Waals surface area contributed by atoms with Gasteiger partial charge in [0, 0.05) is 37.2 Å². The Morgan fingerprint density at radius 1 is 1.16 bits per heavy atom. The molecular weight excluding hydrogens is 414 g/mol. The molecule has 5 nitrogen and oxygen atoms in total. The molecule has 0 aliphatic carbocycles. The van der Waals surface area contributed by atoms with E-state index in [9.17, 15) is 22.4 Å². The lowest BCUT2D eigenvalue weighted by molar-refractivity contribution is -0.137. The van der Waals surface area contributed by atoms with Crippen molar-refractivity contribution in [3.05, 3.63) is 81.0 Å². The zero-order valence-corrected chi connectivity index (χ0v) is 16.6. The summed E-state index contributed by atoms with van der Waals surface area (Å²) in [5.41, 5.74) is 0.821. The van der Waals surface area contributed by atoms with Gasteiger partial charge in [0.2, 0.25) is 0 Å². The summed E-state index contributed by atoms with van der Waals surface area (Å²) in [6, 6.07) is 9.00. The van der Waals surface area contributed by atoms with Crippen molar-refractivity contribution < 1.29 is 22.3 Å². The maximum atomic E-state index is 14.1. The van der Waals surface area contributed by atoms with Crippen LogP contribution in [0.2, 0.25) is 0 Å². The quantitative estimate of drug-likeness (QED) is 0.628. The predicted octanol–water partition coefficient (Wildman–Crippen LogP) is 4.16. The van der Waals surface area contributed by atoms with Crippen molar-refractivity contribution in [2.24, 2.45) is 0 Å². The molecule has 0 bridgehead atoms. The minimum absolute atomic E-state index is 0.227. The minimum Gasteiger partial charge on any atom is -0.497 e. The largest absolute Gasteiger partial charge is 0.497 e. The van der Waals surface area contributed by atoms with Crippen LogP contribution < -0.4 is 10.3 Å². The van der Waals surface area contributed by atoms with Gasteiger partial charge < -0.3 is 9.72 Å². The number of nitrogens with zero attached hydrogens (tertiary/aromatic N) is 2. The molecule has 1 aliphatic rings. The van der Waals surface area contributed by atoms with Crippen LogP contribution in [0, 0.1) is 5.82 Å². The highest BCUT2D eigenvalue weighted by Gasteiger charge is 2.30. The molecule has 0 atom stereocenters. The van der Waals surface area contributed by atoms with E-state index < -0.39 is 11.7 Å². The number of methoxy groups -OCH3 is 1. The number of rotatable bonds is 4. The van der Waals surface area contributed by atoms with Gasteiger partial charge in [-0.1, -0.05) is 12.1 Å². The predicted molar refractivity (Wildman–Crippen MR) is 106 cm³/mol. The second-order valence-electron chi connectivity index (χ2n) is 7.33. The topological polar surface area (TPSA) is 58.2 Å². The number of ether oxygens (including phenoxy) is 1. The second-order valence-corrected chi connectivity index (χ2v) is 7.33. The number of hydrogen-bond donors (Lipinski definition) is 1. The highest BCUT2D eigenvalue weighted by Crippen LogP contribution is 2.30. The fourth-order valence-corrected chi connectivity index (χ4v) is 3.61. The van der Waals surface area contributed by atoms with Gasteiger partial charge in [-0.05, 0) is 30.3 Å². The van der Waals surface area contributed by atoms with Gasteiger partial charge in [0.25, 0.3) is 5.56 Å². The molecule has 3 aromatic rings. The SMILES string of the molecule is COc1ccc(F)c(CN2CCc3nc(-c4ccc(C(F)(F)F)cc4)[nH]c(=O)c3C2)c1. The lowest BCUT2D eigenvalue weighted by Crippen LogP contribution is -2.35. The molecule has 0 amide bonds. The molecule has 0 saturated heterocycles. The normalized spacial score (nSPS) is 14.4. The maximum Gasteiger partial charge on any atom is 0.416 e. The number of aromatic amines is 1. The van der Waals surface area contributed by atoms with E-state index >= 15 is 0 Å². The van der Waals surface area contributed by atoms with Gasteiger partial charge in [0.15, 0.2) is 0 Å². The van der Waals surface area contributed by atoms with Gasteiger partial charge >= 0.3 is 6.18 Å². The molecule has 0 radical (unpaired) electrons. The molecule has 31 heavy (non-hydrogen) atoms. The number of nitrogens with one attached hydrogen (secondary N) is 1. The first-order chi connectivity index (χ1) is 14.7. The Bertz CT molecular complexity index is 1160. The van der Waals surface area contributed by atoms with Crippen molar-refractivity contribution >= 4 is 0 Å². The fourth-order valence-electron chi connectivity index (χ4n) is 3.61. The summed E-state index contributed by atoms with van der Waals surface area (Å²) < 4.78 is 57.6. The van der Waals surface area contributed by atoms with Gasteiger partial charge in [0.1, 0.15) is 17.4 Å². The highest BCUT2D eigenvalue weighted by molar-refractivity contribution is 5.56. The number of alkyl halides is 3. The van der Waals surface area contributed by atoms with Crippen molar-refractivity contribution in [1.29, 1.82) is 0 Å². The molecule has 1 N–H and O–H groups in total. The van der Waals surface area contributed by atoms with Crippen LogP contribution in [-0.4, -0.2) is 28.5 Å². The van der Waals surface area contributed by atoms with E-state index in [0.717, 1.165) is 12.1 Å². The first-order valence-corrected chi connectivity index (χ1v) is 9.59. The molecule has 4 rings (SSSR count). The molecule has 0 fully saturated rings.